The van der Waals surface area contributed by atoms with Gasteiger partial charge in [0.25, 0.3) is 10.1 Å². The van der Waals surface area contributed by atoms with Crippen LogP contribution in [0.3, 0.4) is 0 Å². The molecule has 0 N–H and O–H groups in total. The lowest BCUT2D eigenvalue weighted by atomic mass is 10.1. The van der Waals surface area contributed by atoms with E-state index in [-0.39, 0.29) is 14.9 Å². The highest BCUT2D eigenvalue weighted by atomic mass is 35.5. The average molecular weight is 317 g/mol. The van der Waals surface area contributed by atoms with Crippen LogP contribution in [-0.2, 0) is 14.3 Å². The second-order valence-electron chi connectivity index (χ2n) is 3.72. The first-order valence-electron chi connectivity index (χ1n) is 5.31. The van der Waals surface area contributed by atoms with E-state index in [1.807, 2.05) is 6.07 Å². The van der Waals surface area contributed by atoms with Crippen LogP contribution < -0.4 is 0 Å². The Bertz CT molecular complexity index is 697. The first-order chi connectivity index (χ1) is 8.97. The Kier molecular flexibility index (Phi) is 4.16. The molecular formula is C13H10Cl2O3S. The second-order valence-corrected chi connectivity index (χ2v) is 6.16. The zero-order valence-electron chi connectivity index (χ0n) is 9.93. The van der Waals surface area contributed by atoms with E-state index in [4.69, 9.17) is 23.2 Å². The van der Waals surface area contributed by atoms with Crippen molar-refractivity contribution in [3.63, 3.8) is 0 Å². The second kappa shape index (κ2) is 5.51. The predicted octanol–water partition coefficient (Wildman–Crippen LogP) is 4.00. The summed E-state index contributed by atoms with van der Waals surface area (Å²) in [6.07, 6.45) is 0. The molecular weight excluding hydrogens is 307 g/mol. The molecule has 0 aliphatic rings. The molecule has 3 nitrogen and oxygen atoms in total. The SMILES string of the molecule is COS(=O)(=O)c1c(-c2ccccc2)ccc(Cl)c1Cl. The van der Waals surface area contributed by atoms with E-state index in [1.165, 1.54) is 0 Å². The largest absolute Gasteiger partial charge is 0.298 e. The lowest BCUT2D eigenvalue weighted by Crippen LogP contribution is -2.06. The summed E-state index contributed by atoms with van der Waals surface area (Å²) in [5, 5.41) is 0.127. The number of benzene rings is 2. The molecule has 0 aromatic heterocycles. The summed E-state index contributed by atoms with van der Waals surface area (Å²) in [5.74, 6) is 0. The van der Waals surface area contributed by atoms with E-state index < -0.39 is 10.1 Å². The van der Waals surface area contributed by atoms with Gasteiger partial charge in [-0.25, -0.2) is 0 Å². The van der Waals surface area contributed by atoms with E-state index in [1.54, 1.807) is 36.4 Å². The summed E-state index contributed by atoms with van der Waals surface area (Å²) in [4.78, 5) is -0.115. The summed E-state index contributed by atoms with van der Waals surface area (Å²) in [7, 11) is -2.86. The molecule has 0 heterocycles. The standard InChI is InChI=1S/C13H10Cl2O3S/c1-18-19(16,17)13-10(7-8-11(14)12(13)15)9-5-3-2-4-6-9/h2-8H,1H3. The van der Waals surface area contributed by atoms with Crippen molar-refractivity contribution in [2.75, 3.05) is 7.11 Å². The molecule has 19 heavy (non-hydrogen) atoms. The van der Waals surface area contributed by atoms with Crippen LogP contribution in [0, 0.1) is 0 Å². The van der Waals surface area contributed by atoms with Gasteiger partial charge in [-0.15, -0.1) is 0 Å². The fraction of sp³-hybridized carbons (Fsp3) is 0.0769. The average Bonchev–Trinajstić information content (AvgIpc) is 2.42. The third-order valence-electron chi connectivity index (χ3n) is 2.60. The molecule has 0 aliphatic carbocycles. The molecule has 0 fully saturated rings. The van der Waals surface area contributed by atoms with Gasteiger partial charge in [0, 0.05) is 5.56 Å². The normalized spacial score (nSPS) is 11.5. The van der Waals surface area contributed by atoms with Crippen LogP contribution in [-0.4, -0.2) is 15.5 Å². The van der Waals surface area contributed by atoms with Gasteiger partial charge in [0.15, 0.2) is 0 Å². The summed E-state index contributed by atoms with van der Waals surface area (Å²) in [6.45, 7) is 0. The van der Waals surface area contributed by atoms with Crippen molar-refractivity contribution in [1.29, 1.82) is 0 Å². The van der Waals surface area contributed by atoms with E-state index in [2.05, 4.69) is 4.18 Å². The van der Waals surface area contributed by atoms with Crippen LogP contribution in [0.4, 0.5) is 0 Å². The summed E-state index contributed by atoms with van der Waals surface area (Å²) in [5.41, 5.74) is 1.17. The molecule has 0 spiro atoms. The molecule has 100 valence electrons. The number of rotatable bonds is 3. The molecule has 2 rings (SSSR count). The van der Waals surface area contributed by atoms with Crippen molar-refractivity contribution in [2.45, 2.75) is 4.90 Å². The van der Waals surface area contributed by atoms with Crippen molar-refractivity contribution in [3.05, 3.63) is 52.5 Å². The highest BCUT2D eigenvalue weighted by Crippen LogP contribution is 2.38. The molecule has 2 aromatic carbocycles. The Hall–Kier alpha value is -1.07. The number of hydrogen-bond acceptors (Lipinski definition) is 3. The molecule has 6 heteroatoms. The van der Waals surface area contributed by atoms with Crippen LogP contribution in [0.2, 0.25) is 10.0 Å². The predicted molar refractivity (Wildman–Crippen MR) is 76.1 cm³/mol. The van der Waals surface area contributed by atoms with Crippen LogP contribution >= 0.6 is 23.2 Å². The zero-order chi connectivity index (χ0) is 14.0. The smallest absolute Gasteiger partial charge is 0.270 e. The summed E-state index contributed by atoms with van der Waals surface area (Å²) in [6, 6.07) is 12.2. The van der Waals surface area contributed by atoms with Gasteiger partial charge in [-0.05, 0) is 11.6 Å². The molecule has 0 saturated heterocycles. The Balaban J connectivity index is 2.80. The summed E-state index contributed by atoms with van der Waals surface area (Å²) >= 11 is 11.9. The van der Waals surface area contributed by atoms with Crippen molar-refractivity contribution < 1.29 is 12.6 Å². The Morgan fingerprint density at radius 3 is 2.21 bits per heavy atom. The number of halogens is 2. The topological polar surface area (TPSA) is 43.4 Å². The molecule has 0 amide bonds. The minimum Gasteiger partial charge on any atom is -0.270 e. The highest BCUT2D eigenvalue weighted by Gasteiger charge is 2.24. The van der Waals surface area contributed by atoms with Crippen molar-refractivity contribution >= 4 is 33.3 Å². The van der Waals surface area contributed by atoms with Gasteiger partial charge in [-0.1, -0.05) is 59.6 Å². The van der Waals surface area contributed by atoms with Crippen LogP contribution in [0.1, 0.15) is 0 Å². The quantitative estimate of drug-likeness (QED) is 0.804. The van der Waals surface area contributed by atoms with Crippen molar-refractivity contribution in [2.24, 2.45) is 0 Å². The minimum atomic E-state index is -3.95. The van der Waals surface area contributed by atoms with Gasteiger partial charge < -0.3 is 0 Å². The zero-order valence-corrected chi connectivity index (χ0v) is 12.3. The van der Waals surface area contributed by atoms with Crippen LogP contribution in [0.25, 0.3) is 11.1 Å². The lowest BCUT2D eigenvalue weighted by Gasteiger charge is -2.12. The van der Waals surface area contributed by atoms with E-state index in [0.29, 0.717) is 5.56 Å². The van der Waals surface area contributed by atoms with Crippen molar-refractivity contribution in [1.82, 2.24) is 0 Å². The van der Waals surface area contributed by atoms with Gasteiger partial charge in [0.2, 0.25) is 0 Å². The van der Waals surface area contributed by atoms with E-state index in [9.17, 15) is 8.42 Å². The maximum absolute atomic E-state index is 12.0. The fourth-order valence-corrected chi connectivity index (χ4v) is 3.32. The molecule has 0 saturated carbocycles. The minimum absolute atomic E-state index is 0.0372. The van der Waals surface area contributed by atoms with E-state index in [0.717, 1.165) is 12.7 Å². The Morgan fingerprint density at radius 1 is 1.00 bits per heavy atom. The third-order valence-corrected chi connectivity index (χ3v) is 4.88. The monoisotopic (exact) mass is 316 g/mol. The molecule has 0 atom stereocenters. The lowest BCUT2D eigenvalue weighted by molar-refractivity contribution is 0.398. The van der Waals surface area contributed by atoms with Gasteiger partial charge in [0.1, 0.15) is 4.90 Å². The van der Waals surface area contributed by atoms with Crippen LogP contribution in [0.15, 0.2) is 47.4 Å². The molecule has 2 aromatic rings. The van der Waals surface area contributed by atoms with E-state index >= 15 is 0 Å². The van der Waals surface area contributed by atoms with Gasteiger partial charge in [0.05, 0.1) is 17.2 Å². The molecule has 0 bridgehead atoms. The maximum Gasteiger partial charge on any atom is 0.298 e. The maximum atomic E-state index is 12.0. The molecule has 0 radical (unpaired) electrons. The molecule has 0 unspecified atom stereocenters. The third kappa shape index (κ3) is 2.77. The Labute approximate surface area is 121 Å². The van der Waals surface area contributed by atoms with Gasteiger partial charge in [-0.3, -0.25) is 4.18 Å². The van der Waals surface area contributed by atoms with Gasteiger partial charge >= 0.3 is 0 Å². The fourth-order valence-electron chi connectivity index (χ4n) is 1.70. The van der Waals surface area contributed by atoms with Crippen LogP contribution in [0.5, 0.6) is 0 Å². The number of hydrogen-bond donors (Lipinski definition) is 0. The first kappa shape index (κ1) is 14.3. The Morgan fingerprint density at radius 2 is 1.63 bits per heavy atom. The molecule has 0 aliphatic heterocycles. The highest BCUT2D eigenvalue weighted by molar-refractivity contribution is 7.87. The first-order valence-corrected chi connectivity index (χ1v) is 7.48. The van der Waals surface area contributed by atoms with Gasteiger partial charge in [-0.2, -0.15) is 8.42 Å². The van der Waals surface area contributed by atoms with Crippen molar-refractivity contribution in [3.8, 4) is 11.1 Å². The summed E-state index contributed by atoms with van der Waals surface area (Å²) < 4.78 is 28.6.